The van der Waals surface area contributed by atoms with Crippen molar-refractivity contribution in [3.05, 3.63) is 150 Å². The molecule has 0 spiro atoms. The zero-order chi connectivity index (χ0) is 48.6. The fraction of sp³-hybridized carbons (Fsp3) is 0.308. The van der Waals surface area contributed by atoms with E-state index >= 15 is 0 Å². The van der Waals surface area contributed by atoms with E-state index in [0.29, 0.717) is 11.3 Å². The van der Waals surface area contributed by atoms with Gasteiger partial charge < -0.3 is 34.7 Å². The van der Waals surface area contributed by atoms with Crippen molar-refractivity contribution in [3.63, 3.8) is 0 Å². The number of ketones is 1. The second-order valence-electron chi connectivity index (χ2n) is 17.5. The lowest BCUT2D eigenvalue weighted by molar-refractivity contribution is -0.158. The minimum atomic E-state index is -0.897. The molecule has 0 saturated heterocycles. The number of nitrogen functional groups attached to an aromatic ring is 1. The number of carbonyl (C=O) groups excluding carboxylic acids is 4. The Morgan fingerprint density at radius 2 is 1.10 bits per heavy atom. The summed E-state index contributed by atoms with van der Waals surface area (Å²) in [5, 5.41) is 2.75. The van der Waals surface area contributed by atoms with Crippen LogP contribution < -0.4 is 20.5 Å². The third-order valence-corrected chi connectivity index (χ3v) is 9.30. The first-order valence-corrected chi connectivity index (χ1v) is 21.6. The molecular formula is C52H58N6O9. The van der Waals surface area contributed by atoms with Crippen molar-refractivity contribution in [3.8, 4) is 34.0 Å². The summed E-state index contributed by atoms with van der Waals surface area (Å²) in [6.45, 7) is 13.9. The Morgan fingerprint density at radius 3 is 1.61 bits per heavy atom. The van der Waals surface area contributed by atoms with Gasteiger partial charge in [0.05, 0.1) is 11.7 Å². The molecule has 0 saturated carbocycles. The molecule has 0 aliphatic rings. The molecule has 1 amide bonds. The summed E-state index contributed by atoms with van der Waals surface area (Å²) in [5.74, 6) is -0.963. The van der Waals surface area contributed by atoms with Gasteiger partial charge in [0.1, 0.15) is 17.8 Å². The molecule has 0 aliphatic carbocycles. The second-order valence-corrected chi connectivity index (χ2v) is 17.5. The lowest BCUT2D eigenvalue weighted by Crippen LogP contribution is -2.43. The third kappa shape index (κ3) is 17.3. The number of carbonyl (C=O) groups is 4. The zero-order valence-electron chi connectivity index (χ0n) is 39.2. The molecule has 15 nitrogen and oxygen atoms in total. The average Bonchev–Trinajstić information content (AvgIpc) is 3.27. The van der Waals surface area contributed by atoms with E-state index in [0.717, 1.165) is 44.8 Å². The van der Waals surface area contributed by atoms with Crippen LogP contribution >= 0.6 is 0 Å². The fourth-order valence-corrected chi connectivity index (χ4v) is 6.42. The number of esters is 2. The van der Waals surface area contributed by atoms with E-state index in [4.69, 9.17) is 29.4 Å². The molecular weight excluding hydrogens is 853 g/mol. The third-order valence-electron chi connectivity index (χ3n) is 9.30. The van der Waals surface area contributed by atoms with Crippen molar-refractivity contribution in [1.82, 2.24) is 25.3 Å². The molecule has 0 aliphatic heterocycles. The highest BCUT2D eigenvalue weighted by Gasteiger charge is 2.25. The molecule has 0 fully saturated rings. The van der Waals surface area contributed by atoms with Gasteiger partial charge in [-0.3, -0.25) is 14.8 Å². The van der Waals surface area contributed by atoms with Crippen LogP contribution in [0, 0.1) is 13.8 Å². The summed E-state index contributed by atoms with van der Waals surface area (Å²) in [6, 6.07) is 28.9. The summed E-state index contributed by atoms with van der Waals surface area (Å²) in [4.78, 5) is 67.7. The minimum Gasteiger partial charge on any atom is -0.465 e. The van der Waals surface area contributed by atoms with Crippen LogP contribution in [-0.4, -0.2) is 74.2 Å². The normalized spacial score (nSPS) is 11.5. The summed E-state index contributed by atoms with van der Waals surface area (Å²) in [5.41, 5.74) is 12.4. The lowest BCUT2D eigenvalue weighted by atomic mass is 9.97. The molecule has 4 heterocycles. The maximum absolute atomic E-state index is 13.9. The molecule has 1 atom stereocenters. The van der Waals surface area contributed by atoms with E-state index in [2.05, 4.69) is 25.3 Å². The molecule has 2 aromatic carbocycles. The van der Waals surface area contributed by atoms with Crippen LogP contribution in [0.25, 0.3) is 22.3 Å². The van der Waals surface area contributed by atoms with Crippen LogP contribution in [0.4, 0.5) is 10.5 Å². The predicted molar refractivity (Wildman–Crippen MR) is 254 cm³/mol. The fourth-order valence-electron chi connectivity index (χ4n) is 6.42. The first kappa shape index (κ1) is 50.3. The van der Waals surface area contributed by atoms with Gasteiger partial charge >= 0.3 is 18.0 Å². The number of rotatable bonds is 16. The quantitative estimate of drug-likeness (QED) is 0.0690. The van der Waals surface area contributed by atoms with Gasteiger partial charge in [-0.25, -0.2) is 24.4 Å². The SMILES string of the molecule is Cc1cc(-c2cnc(OCC(=O)OC(C)(C)C)c(CC(=O)[C@H](Cc3ccccc3)NC(=O)OCc3ccccc3)c2)ccn1.Cc1cc(-c2cnc(OCC(=O)OC(C)(C)C)c(N)c2)ccn1. The van der Waals surface area contributed by atoms with Gasteiger partial charge in [0.2, 0.25) is 11.8 Å². The molecule has 15 heteroatoms. The van der Waals surface area contributed by atoms with Gasteiger partial charge in [0, 0.05) is 59.3 Å². The lowest BCUT2D eigenvalue weighted by Gasteiger charge is -2.20. The van der Waals surface area contributed by atoms with Crippen molar-refractivity contribution >= 4 is 29.5 Å². The van der Waals surface area contributed by atoms with Crippen molar-refractivity contribution in [2.45, 2.75) is 92.1 Å². The number of nitrogens with one attached hydrogen (secondary N) is 1. The second kappa shape index (κ2) is 23.5. The smallest absolute Gasteiger partial charge is 0.408 e. The van der Waals surface area contributed by atoms with Crippen LogP contribution in [0.15, 0.2) is 122 Å². The van der Waals surface area contributed by atoms with E-state index in [1.54, 1.807) is 78.5 Å². The monoisotopic (exact) mass is 910 g/mol. The standard InChI is InChI=1S/C35H37N3O6.C17H21N3O3/c1-24-17-27(15-16-36-24)29-19-28(33(37-21-29)42-23-32(40)44-35(2,3)4)20-31(39)30(18-25-11-7-5-8-12-25)38-34(41)43-22-26-13-9-6-10-14-26;1-11-7-12(5-6-19-11)13-8-14(18)16(20-9-13)22-10-15(21)23-17(2,3)4/h5-17,19,21,30H,18,20,22-23H2,1-4H3,(H,38,41);5-9H,10,18H2,1-4H3/t30-;/m0./s1. The van der Waals surface area contributed by atoms with E-state index in [1.165, 1.54) is 0 Å². The van der Waals surface area contributed by atoms with Crippen molar-refractivity contribution < 1.29 is 42.9 Å². The van der Waals surface area contributed by atoms with Gasteiger partial charge in [0.15, 0.2) is 19.0 Å². The van der Waals surface area contributed by atoms with E-state index in [9.17, 15) is 19.2 Å². The number of nitrogens with two attached hydrogens (primary N) is 1. The van der Waals surface area contributed by atoms with E-state index in [1.807, 2.05) is 98.8 Å². The molecule has 0 bridgehead atoms. The number of amides is 1. The zero-order valence-corrected chi connectivity index (χ0v) is 39.2. The van der Waals surface area contributed by atoms with Crippen LogP contribution in [-0.2, 0) is 48.0 Å². The Morgan fingerprint density at radius 1 is 0.612 bits per heavy atom. The van der Waals surface area contributed by atoms with Crippen molar-refractivity contribution in [1.29, 1.82) is 0 Å². The number of anilines is 1. The highest BCUT2D eigenvalue weighted by molar-refractivity contribution is 5.90. The number of alkyl carbamates (subject to hydrolysis) is 1. The Balaban J connectivity index is 0.000000306. The first-order valence-electron chi connectivity index (χ1n) is 21.6. The number of Topliss-reactive ketones (excluding diaryl/α,β-unsaturated/α-hetero) is 1. The maximum Gasteiger partial charge on any atom is 0.408 e. The molecule has 67 heavy (non-hydrogen) atoms. The van der Waals surface area contributed by atoms with Gasteiger partial charge in [-0.15, -0.1) is 0 Å². The van der Waals surface area contributed by atoms with Crippen molar-refractivity contribution in [2.75, 3.05) is 18.9 Å². The molecule has 350 valence electrons. The number of benzene rings is 2. The number of nitrogens with zero attached hydrogens (tertiary/aromatic N) is 4. The van der Waals surface area contributed by atoms with Crippen LogP contribution in [0.5, 0.6) is 11.8 Å². The number of aromatic nitrogens is 4. The Hall–Kier alpha value is -7.68. The number of hydrogen-bond donors (Lipinski definition) is 2. The van der Waals surface area contributed by atoms with E-state index in [-0.39, 0.29) is 50.2 Å². The molecule has 6 aromatic rings. The van der Waals surface area contributed by atoms with Gasteiger partial charge in [-0.1, -0.05) is 60.7 Å². The van der Waals surface area contributed by atoms with Crippen LogP contribution in [0.2, 0.25) is 0 Å². The highest BCUT2D eigenvalue weighted by atomic mass is 16.6. The Kier molecular flexibility index (Phi) is 17.6. The molecule has 0 unspecified atom stereocenters. The summed E-state index contributed by atoms with van der Waals surface area (Å²) in [7, 11) is 0. The topological polar surface area (TPSA) is 204 Å². The summed E-state index contributed by atoms with van der Waals surface area (Å²) < 4.78 is 27.0. The van der Waals surface area contributed by atoms with Crippen LogP contribution in [0.3, 0.4) is 0 Å². The van der Waals surface area contributed by atoms with E-state index < -0.39 is 35.3 Å². The highest BCUT2D eigenvalue weighted by Crippen LogP contribution is 2.28. The number of pyridine rings is 4. The number of aryl methyl sites for hydroxylation is 2. The minimum absolute atomic E-state index is 0.0683. The molecule has 4 aromatic heterocycles. The number of ether oxygens (including phenoxy) is 5. The van der Waals surface area contributed by atoms with Gasteiger partial charge in [-0.05, 0) is 120 Å². The van der Waals surface area contributed by atoms with Gasteiger partial charge in [-0.2, -0.15) is 0 Å². The average molecular weight is 911 g/mol. The first-order chi connectivity index (χ1) is 31.8. The van der Waals surface area contributed by atoms with Gasteiger partial charge in [0.25, 0.3) is 0 Å². The van der Waals surface area contributed by atoms with Crippen LogP contribution in [0.1, 0.15) is 69.6 Å². The summed E-state index contributed by atoms with van der Waals surface area (Å²) >= 11 is 0. The Labute approximate surface area is 391 Å². The molecule has 0 radical (unpaired) electrons. The summed E-state index contributed by atoms with van der Waals surface area (Å²) in [6.07, 6.45) is 6.12. The number of hydrogen-bond acceptors (Lipinski definition) is 14. The Bertz CT molecular complexity index is 2610. The maximum atomic E-state index is 13.9. The molecule has 6 rings (SSSR count). The predicted octanol–water partition coefficient (Wildman–Crippen LogP) is 8.58. The largest absolute Gasteiger partial charge is 0.465 e. The molecule has 3 N–H and O–H groups in total. The van der Waals surface area contributed by atoms with Crippen molar-refractivity contribution in [2.24, 2.45) is 0 Å².